The topological polar surface area (TPSA) is 76.0 Å². The first-order chi connectivity index (χ1) is 9.66. The van der Waals surface area contributed by atoms with Gasteiger partial charge in [0, 0.05) is 5.56 Å². The van der Waals surface area contributed by atoms with Crippen molar-refractivity contribution in [2.75, 3.05) is 0 Å². The van der Waals surface area contributed by atoms with Gasteiger partial charge in [0.15, 0.2) is 0 Å². The van der Waals surface area contributed by atoms with Crippen LogP contribution in [0.3, 0.4) is 0 Å². The number of carbonyl (C=O) groups excluding carboxylic acids is 1. The molecule has 1 atom stereocenters. The lowest BCUT2D eigenvalue weighted by Gasteiger charge is -2.08. The van der Waals surface area contributed by atoms with Gasteiger partial charge in [0.05, 0.1) is 0 Å². The van der Waals surface area contributed by atoms with Gasteiger partial charge >= 0.3 is 5.97 Å². The summed E-state index contributed by atoms with van der Waals surface area (Å²) in [6.07, 6.45) is 0.678. The Hall–Kier alpha value is -2.31. The van der Waals surface area contributed by atoms with Gasteiger partial charge in [-0.2, -0.15) is 4.40 Å². The highest BCUT2D eigenvalue weighted by Crippen LogP contribution is 2.29. The minimum absolute atomic E-state index is 0.360. The predicted molar refractivity (Wildman–Crippen MR) is 76.8 cm³/mol. The third-order valence-electron chi connectivity index (χ3n) is 2.43. The van der Waals surface area contributed by atoms with E-state index in [0.717, 1.165) is 11.1 Å². The number of carbonyl (C=O) groups is 1. The molecule has 2 aromatic carbocycles. The number of hydrogen-bond donors (Lipinski definition) is 1. The minimum atomic E-state index is -2.42. The summed E-state index contributed by atoms with van der Waals surface area (Å²) in [5.74, 6) is -0.449. The normalized spacial score (nSPS) is 12.2. The number of hydrogen-bond acceptors (Lipinski definition) is 3. The van der Waals surface area contributed by atoms with Crippen molar-refractivity contribution in [1.82, 2.24) is 0 Å². The maximum Gasteiger partial charge on any atom is 0.355 e. The first kappa shape index (κ1) is 14.1. The first-order valence-electron chi connectivity index (χ1n) is 5.68. The van der Waals surface area contributed by atoms with Crippen molar-refractivity contribution < 1.29 is 18.3 Å². The first-order valence-corrected chi connectivity index (χ1v) is 6.74. The van der Waals surface area contributed by atoms with E-state index in [1.807, 2.05) is 42.5 Å². The Morgan fingerprint density at radius 3 is 2.45 bits per heavy atom. The summed E-state index contributed by atoms with van der Waals surface area (Å²) >= 11 is -2.42. The van der Waals surface area contributed by atoms with Gasteiger partial charge in [-0.1, -0.05) is 48.5 Å². The van der Waals surface area contributed by atoms with E-state index in [4.69, 9.17) is 9.29 Å². The Balaban J connectivity index is 2.25. The zero-order valence-electron chi connectivity index (χ0n) is 10.3. The monoisotopic (exact) mass is 289 g/mol. The minimum Gasteiger partial charge on any atom is -0.422 e. The third-order valence-corrected chi connectivity index (χ3v) is 2.72. The second-order valence-electron chi connectivity index (χ2n) is 3.75. The van der Waals surface area contributed by atoms with E-state index < -0.39 is 17.2 Å². The second-order valence-corrected chi connectivity index (χ2v) is 4.42. The summed E-state index contributed by atoms with van der Waals surface area (Å²) in [5, 5.41) is 0. The average Bonchev–Trinajstić information content (AvgIpc) is 2.47. The van der Waals surface area contributed by atoms with Gasteiger partial charge in [-0.05, 0) is 11.6 Å². The fourth-order valence-corrected chi connectivity index (χ4v) is 1.81. The average molecular weight is 289 g/mol. The quantitative estimate of drug-likeness (QED) is 0.406. The van der Waals surface area contributed by atoms with Crippen molar-refractivity contribution >= 4 is 23.5 Å². The van der Waals surface area contributed by atoms with Crippen LogP contribution >= 0.6 is 0 Å². The van der Waals surface area contributed by atoms with Crippen LogP contribution in [0, 0.1) is 0 Å². The summed E-state index contributed by atoms with van der Waals surface area (Å²) in [7, 11) is 0. The van der Waals surface area contributed by atoms with Gasteiger partial charge in [0.1, 0.15) is 12.0 Å². The van der Waals surface area contributed by atoms with Crippen molar-refractivity contribution in [2.45, 2.75) is 0 Å². The van der Waals surface area contributed by atoms with Gasteiger partial charge in [0.2, 0.25) is 0 Å². The molecule has 0 aliphatic heterocycles. The number of nitrogens with zero attached hydrogens (tertiary/aromatic N) is 1. The van der Waals surface area contributed by atoms with Crippen LogP contribution in [0.15, 0.2) is 59.0 Å². The highest BCUT2D eigenvalue weighted by molar-refractivity contribution is 7.78. The maximum atomic E-state index is 11.5. The Morgan fingerprint density at radius 1 is 1.10 bits per heavy atom. The Bertz CT molecular complexity index is 655. The molecule has 0 radical (unpaired) electrons. The van der Waals surface area contributed by atoms with Crippen LogP contribution in [0.2, 0.25) is 0 Å². The van der Waals surface area contributed by atoms with E-state index in [1.165, 1.54) is 0 Å². The molecule has 1 unspecified atom stereocenters. The molecule has 0 heterocycles. The van der Waals surface area contributed by atoms with E-state index in [-0.39, 0.29) is 0 Å². The lowest BCUT2D eigenvalue weighted by atomic mass is 10.1. The molecule has 102 valence electrons. The SMILES string of the molecule is O=C(C=NS(=O)O)Oc1ccccc1-c1ccccc1. The lowest BCUT2D eigenvalue weighted by Crippen LogP contribution is -2.10. The number of rotatable bonds is 4. The van der Waals surface area contributed by atoms with Crippen LogP contribution in [0.25, 0.3) is 11.1 Å². The largest absolute Gasteiger partial charge is 0.422 e. The molecule has 0 saturated carbocycles. The van der Waals surface area contributed by atoms with Crippen LogP contribution in [-0.2, 0) is 16.1 Å². The Morgan fingerprint density at radius 2 is 1.75 bits per heavy atom. The van der Waals surface area contributed by atoms with Crippen LogP contribution in [0.1, 0.15) is 0 Å². The molecule has 0 aromatic heterocycles. The van der Waals surface area contributed by atoms with Gasteiger partial charge in [-0.15, -0.1) is 0 Å². The second kappa shape index (κ2) is 6.74. The lowest BCUT2D eigenvalue weighted by molar-refractivity contribution is -0.126. The predicted octanol–water partition coefficient (Wildman–Crippen LogP) is 2.47. The molecule has 0 aliphatic rings. The number of esters is 1. The van der Waals surface area contributed by atoms with Crippen molar-refractivity contribution in [3.63, 3.8) is 0 Å². The summed E-state index contributed by atoms with van der Waals surface area (Å²) < 4.78 is 27.0. The number of benzene rings is 2. The summed E-state index contributed by atoms with van der Waals surface area (Å²) in [6.45, 7) is 0. The van der Waals surface area contributed by atoms with E-state index in [0.29, 0.717) is 12.0 Å². The molecule has 2 aromatic rings. The summed E-state index contributed by atoms with van der Waals surface area (Å²) in [6, 6.07) is 16.5. The van der Waals surface area contributed by atoms with Crippen LogP contribution < -0.4 is 4.74 Å². The van der Waals surface area contributed by atoms with Crippen molar-refractivity contribution in [2.24, 2.45) is 4.40 Å². The van der Waals surface area contributed by atoms with E-state index >= 15 is 0 Å². The molecule has 2 rings (SSSR count). The van der Waals surface area contributed by atoms with E-state index in [9.17, 15) is 9.00 Å². The fourth-order valence-electron chi connectivity index (χ4n) is 1.63. The summed E-state index contributed by atoms with van der Waals surface area (Å²) in [4.78, 5) is 11.5. The number of para-hydroxylation sites is 1. The van der Waals surface area contributed by atoms with E-state index in [1.54, 1.807) is 12.1 Å². The zero-order chi connectivity index (χ0) is 14.4. The van der Waals surface area contributed by atoms with Gasteiger partial charge in [-0.25, -0.2) is 9.00 Å². The molecule has 1 N–H and O–H groups in total. The molecule has 5 nitrogen and oxygen atoms in total. The zero-order valence-corrected chi connectivity index (χ0v) is 11.1. The van der Waals surface area contributed by atoms with Gasteiger partial charge in [0.25, 0.3) is 11.3 Å². The van der Waals surface area contributed by atoms with Crippen LogP contribution in [-0.4, -0.2) is 20.9 Å². The molecular formula is C14H11NO4S. The van der Waals surface area contributed by atoms with E-state index in [2.05, 4.69) is 4.40 Å². The van der Waals surface area contributed by atoms with Gasteiger partial charge in [-0.3, -0.25) is 4.55 Å². The fraction of sp³-hybridized carbons (Fsp3) is 0. The molecule has 0 fully saturated rings. The molecule has 0 amide bonds. The molecule has 0 saturated heterocycles. The molecule has 0 spiro atoms. The molecule has 0 aliphatic carbocycles. The van der Waals surface area contributed by atoms with Crippen molar-refractivity contribution in [3.05, 3.63) is 54.6 Å². The van der Waals surface area contributed by atoms with Gasteiger partial charge < -0.3 is 4.74 Å². The van der Waals surface area contributed by atoms with Crippen molar-refractivity contribution in [3.8, 4) is 16.9 Å². The molecule has 0 bridgehead atoms. The standard InChI is InChI=1S/C14H11NO4S/c16-14(10-15-20(17)18)19-13-9-5-4-8-12(13)11-6-2-1-3-7-11/h1-10H,(H,17,18). The molecular weight excluding hydrogens is 278 g/mol. The van der Waals surface area contributed by atoms with Crippen LogP contribution in [0.5, 0.6) is 5.75 Å². The number of ether oxygens (including phenoxy) is 1. The van der Waals surface area contributed by atoms with Crippen molar-refractivity contribution in [1.29, 1.82) is 0 Å². The highest BCUT2D eigenvalue weighted by atomic mass is 32.2. The maximum absolute atomic E-state index is 11.5. The molecule has 20 heavy (non-hydrogen) atoms. The molecule has 6 heteroatoms. The van der Waals surface area contributed by atoms with Crippen LogP contribution in [0.4, 0.5) is 0 Å². The Kier molecular flexibility index (Phi) is 4.75. The smallest absolute Gasteiger partial charge is 0.355 e. The Labute approximate surface area is 118 Å². The highest BCUT2D eigenvalue weighted by Gasteiger charge is 2.08. The summed E-state index contributed by atoms with van der Waals surface area (Å²) in [5.41, 5.74) is 1.65. The third kappa shape index (κ3) is 3.84.